The van der Waals surface area contributed by atoms with E-state index in [1.165, 1.54) is 13.3 Å². The lowest BCUT2D eigenvalue weighted by molar-refractivity contribution is 0.00683. The molecule has 0 aliphatic heterocycles. The first-order chi connectivity index (χ1) is 13.2. The first-order valence-electron chi connectivity index (χ1n) is 8.35. The van der Waals surface area contributed by atoms with Gasteiger partial charge in [0.15, 0.2) is 5.75 Å². The molecule has 0 unspecified atom stereocenters. The van der Waals surface area contributed by atoms with Crippen LogP contribution in [0.25, 0.3) is 10.1 Å². The zero-order valence-electron chi connectivity index (χ0n) is 15.7. The fourth-order valence-electron chi connectivity index (χ4n) is 2.49. The molecule has 0 atom stereocenters. The van der Waals surface area contributed by atoms with Crippen LogP contribution < -0.4 is 4.74 Å². The average molecular weight is 420 g/mol. The summed E-state index contributed by atoms with van der Waals surface area (Å²) in [6, 6.07) is 6.77. The van der Waals surface area contributed by atoms with Crippen LogP contribution in [0.1, 0.15) is 40.8 Å². The normalized spacial score (nSPS) is 11.3. The minimum atomic E-state index is -0.733. The molecule has 0 saturated heterocycles. The van der Waals surface area contributed by atoms with E-state index in [2.05, 4.69) is 4.98 Å². The van der Waals surface area contributed by atoms with Gasteiger partial charge in [0.1, 0.15) is 16.2 Å². The van der Waals surface area contributed by atoms with Crippen LogP contribution >= 0.6 is 22.9 Å². The molecule has 0 bridgehead atoms. The predicted molar refractivity (Wildman–Crippen MR) is 108 cm³/mol. The molecule has 3 aromatic rings. The molecular weight excluding hydrogens is 402 g/mol. The smallest absolute Gasteiger partial charge is 0.348 e. The Balaban J connectivity index is 2.17. The van der Waals surface area contributed by atoms with Gasteiger partial charge in [-0.3, -0.25) is 4.98 Å². The van der Waals surface area contributed by atoms with Crippen molar-refractivity contribution in [1.29, 1.82) is 0 Å². The standard InChI is InChI=1S/C20H18ClNO5S/c1-20(2,3)27-18(23)16-15-13(26-12-7-5-11(21)6-8-12)9-22-10-14(15)28-17(16)19(24)25-4/h5-10H,1-4H3. The van der Waals surface area contributed by atoms with Crippen molar-refractivity contribution < 1.29 is 23.8 Å². The second kappa shape index (κ2) is 7.77. The van der Waals surface area contributed by atoms with Crippen molar-refractivity contribution in [3.63, 3.8) is 0 Å². The Morgan fingerprint density at radius 2 is 1.75 bits per heavy atom. The van der Waals surface area contributed by atoms with E-state index in [0.717, 1.165) is 11.3 Å². The van der Waals surface area contributed by atoms with Gasteiger partial charge in [-0.05, 0) is 45.0 Å². The topological polar surface area (TPSA) is 74.7 Å². The largest absolute Gasteiger partial charge is 0.465 e. The fourth-order valence-corrected chi connectivity index (χ4v) is 3.71. The van der Waals surface area contributed by atoms with E-state index < -0.39 is 17.5 Å². The number of rotatable bonds is 4. The number of nitrogens with zero attached hydrogens (tertiary/aromatic N) is 1. The van der Waals surface area contributed by atoms with Gasteiger partial charge in [0.25, 0.3) is 0 Å². The van der Waals surface area contributed by atoms with Gasteiger partial charge in [-0.1, -0.05) is 11.6 Å². The lowest BCUT2D eigenvalue weighted by Crippen LogP contribution is -2.24. The monoisotopic (exact) mass is 419 g/mol. The number of benzene rings is 1. The third kappa shape index (κ3) is 4.26. The third-order valence-electron chi connectivity index (χ3n) is 3.58. The maximum atomic E-state index is 12.9. The number of carbonyl (C=O) groups is 2. The Morgan fingerprint density at radius 1 is 1.07 bits per heavy atom. The lowest BCUT2D eigenvalue weighted by Gasteiger charge is -2.20. The molecule has 0 radical (unpaired) electrons. The minimum Gasteiger partial charge on any atom is -0.465 e. The van der Waals surface area contributed by atoms with Gasteiger partial charge in [-0.25, -0.2) is 9.59 Å². The number of fused-ring (bicyclic) bond motifs is 1. The number of thiophene rings is 1. The molecule has 0 amide bonds. The molecule has 2 heterocycles. The highest BCUT2D eigenvalue weighted by atomic mass is 35.5. The van der Waals surface area contributed by atoms with Gasteiger partial charge >= 0.3 is 11.9 Å². The Hall–Kier alpha value is -2.64. The SMILES string of the molecule is COC(=O)c1sc2cncc(Oc3ccc(Cl)cc3)c2c1C(=O)OC(C)(C)C. The molecule has 0 saturated carbocycles. The number of pyridine rings is 1. The molecule has 8 heteroatoms. The molecule has 28 heavy (non-hydrogen) atoms. The summed E-state index contributed by atoms with van der Waals surface area (Å²) in [5, 5.41) is 1.02. The number of ether oxygens (including phenoxy) is 3. The van der Waals surface area contributed by atoms with E-state index in [-0.39, 0.29) is 10.4 Å². The summed E-state index contributed by atoms with van der Waals surface area (Å²) in [6.07, 6.45) is 3.05. The molecule has 3 rings (SSSR count). The van der Waals surface area contributed by atoms with Crippen LogP contribution in [0, 0.1) is 0 Å². The van der Waals surface area contributed by atoms with Crippen molar-refractivity contribution in [2.45, 2.75) is 26.4 Å². The summed E-state index contributed by atoms with van der Waals surface area (Å²) < 4.78 is 16.9. The third-order valence-corrected chi connectivity index (χ3v) is 4.94. The molecule has 0 fully saturated rings. The zero-order valence-corrected chi connectivity index (χ0v) is 17.3. The summed E-state index contributed by atoms with van der Waals surface area (Å²) in [4.78, 5) is 29.5. The number of hydrogen-bond acceptors (Lipinski definition) is 7. The second-order valence-electron chi connectivity index (χ2n) is 6.87. The Morgan fingerprint density at radius 3 is 2.36 bits per heavy atom. The number of carbonyl (C=O) groups excluding carboxylic acids is 2. The quantitative estimate of drug-likeness (QED) is 0.521. The highest BCUT2D eigenvalue weighted by Crippen LogP contribution is 2.40. The molecule has 0 aliphatic carbocycles. The zero-order chi connectivity index (χ0) is 20.5. The Bertz CT molecular complexity index is 1040. The number of hydrogen-bond donors (Lipinski definition) is 0. The van der Waals surface area contributed by atoms with Crippen molar-refractivity contribution in [3.8, 4) is 11.5 Å². The number of methoxy groups -OCH3 is 1. The van der Waals surface area contributed by atoms with Crippen molar-refractivity contribution in [3.05, 3.63) is 52.1 Å². The number of aromatic nitrogens is 1. The van der Waals surface area contributed by atoms with Gasteiger partial charge < -0.3 is 14.2 Å². The summed E-state index contributed by atoms with van der Waals surface area (Å²) in [5.41, 5.74) is -0.628. The van der Waals surface area contributed by atoms with Gasteiger partial charge in [0, 0.05) is 11.2 Å². The lowest BCUT2D eigenvalue weighted by atomic mass is 10.1. The summed E-state index contributed by atoms with van der Waals surface area (Å²) in [5.74, 6) is -0.419. The van der Waals surface area contributed by atoms with E-state index in [0.29, 0.717) is 26.6 Å². The molecule has 0 aliphatic rings. The maximum absolute atomic E-state index is 12.9. The maximum Gasteiger partial charge on any atom is 0.348 e. The van der Waals surface area contributed by atoms with Crippen LogP contribution in [0.5, 0.6) is 11.5 Å². The number of esters is 2. The minimum absolute atomic E-state index is 0.105. The molecule has 0 spiro atoms. The summed E-state index contributed by atoms with van der Waals surface area (Å²) in [7, 11) is 1.26. The van der Waals surface area contributed by atoms with Gasteiger partial charge in [-0.15, -0.1) is 11.3 Å². The van der Waals surface area contributed by atoms with E-state index in [4.69, 9.17) is 25.8 Å². The highest BCUT2D eigenvalue weighted by molar-refractivity contribution is 7.21. The van der Waals surface area contributed by atoms with E-state index >= 15 is 0 Å². The molecule has 0 N–H and O–H groups in total. The van der Waals surface area contributed by atoms with Crippen LogP contribution in [0.3, 0.4) is 0 Å². The van der Waals surface area contributed by atoms with Crippen molar-refractivity contribution >= 4 is 45.0 Å². The fraction of sp³-hybridized carbons (Fsp3) is 0.250. The summed E-state index contributed by atoms with van der Waals surface area (Å²) >= 11 is 7.01. The first kappa shape index (κ1) is 20.1. The Kier molecular flexibility index (Phi) is 5.58. The van der Waals surface area contributed by atoms with Crippen molar-refractivity contribution in [2.24, 2.45) is 0 Å². The molecule has 146 valence electrons. The number of halogens is 1. The molecular formula is C20H18ClNO5S. The first-order valence-corrected chi connectivity index (χ1v) is 9.54. The van der Waals surface area contributed by atoms with E-state index in [1.54, 1.807) is 51.2 Å². The van der Waals surface area contributed by atoms with Crippen molar-refractivity contribution in [1.82, 2.24) is 4.98 Å². The van der Waals surface area contributed by atoms with Gasteiger partial charge in [0.05, 0.1) is 29.0 Å². The highest BCUT2D eigenvalue weighted by Gasteiger charge is 2.30. The average Bonchev–Trinajstić information content (AvgIpc) is 3.02. The molecule has 6 nitrogen and oxygen atoms in total. The van der Waals surface area contributed by atoms with E-state index in [1.807, 2.05) is 0 Å². The Labute approximate surface area is 171 Å². The second-order valence-corrected chi connectivity index (χ2v) is 8.36. The molecule has 1 aromatic carbocycles. The molecule has 2 aromatic heterocycles. The van der Waals surface area contributed by atoms with Gasteiger partial charge in [-0.2, -0.15) is 0 Å². The summed E-state index contributed by atoms with van der Waals surface area (Å²) in [6.45, 7) is 5.26. The predicted octanol–water partition coefficient (Wildman–Crippen LogP) is 5.48. The van der Waals surface area contributed by atoms with Crippen LogP contribution in [0.15, 0.2) is 36.7 Å². The van der Waals surface area contributed by atoms with Crippen LogP contribution in [-0.2, 0) is 9.47 Å². The van der Waals surface area contributed by atoms with E-state index in [9.17, 15) is 9.59 Å². The van der Waals surface area contributed by atoms with Crippen LogP contribution in [0.4, 0.5) is 0 Å². The van der Waals surface area contributed by atoms with Crippen LogP contribution in [-0.4, -0.2) is 29.6 Å². The van der Waals surface area contributed by atoms with Crippen molar-refractivity contribution in [2.75, 3.05) is 7.11 Å². The van der Waals surface area contributed by atoms with Crippen LogP contribution in [0.2, 0.25) is 5.02 Å². The van der Waals surface area contributed by atoms with Gasteiger partial charge in [0.2, 0.25) is 0 Å².